The summed E-state index contributed by atoms with van der Waals surface area (Å²) >= 11 is 0. The van der Waals surface area contributed by atoms with Gasteiger partial charge in [0.25, 0.3) is 0 Å². The molecule has 68 valence electrons. The summed E-state index contributed by atoms with van der Waals surface area (Å²) in [4.78, 5) is 2.36. The fourth-order valence-electron chi connectivity index (χ4n) is 1.13. The van der Waals surface area contributed by atoms with Gasteiger partial charge in [0.15, 0.2) is 0 Å². The van der Waals surface area contributed by atoms with Crippen molar-refractivity contribution in [2.45, 2.75) is 26.2 Å². The standard InChI is InChI=1S/C5H11N.C4H11N/c1-6-4-2-3-5-6;1-3-4-5-2/h2-5H2,1H3;5H,3-4H2,1-2H3. The van der Waals surface area contributed by atoms with Gasteiger partial charge in [0.05, 0.1) is 0 Å². The average molecular weight is 158 g/mol. The minimum absolute atomic E-state index is 1.14. The molecule has 2 heteroatoms. The van der Waals surface area contributed by atoms with E-state index in [1.54, 1.807) is 0 Å². The van der Waals surface area contributed by atoms with Crippen LogP contribution in [0.2, 0.25) is 0 Å². The third kappa shape index (κ3) is 7.82. The van der Waals surface area contributed by atoms with E-state index < -0.39 is 0 Å². The third-order valence-corrected chi connectivity index (χ3v) is 1.83. The second kappa shape index (κ2) is 8.02. The molecule has 1 heterocycles. The molecular weight excluding hydrogens is 136 g/mol. The van der Waals surface area contributed by atoms with Crippen LogP contribution in [0.3, 0.4) is 0 Å². The van der Waals surface area contributed by atoms with Crippen molar-refractivity contribution in [3.63, 3.8) is 0 Å². The second-order valence-corrected chi connectivity index (χ2v) is 3.11. The Kier molecular flexibility index (Phi) is 7.96. The van der Waals surface area contributed by atoms with Gasteiger partial charge in [-0.1, -0.05) is 6.92 Å². The van der Waals surface area contributed by atoms with Gasteiger partial charge in [-0.25, -0.2) is 0 Å². The molecule has 1 aliphatic rings. The highest BCUT2D eigenvalue weighted by Crippen LogP contribution is 2.01. The topological polar surface area (TPSA) is 15.3 Å². The van der Waals surface area contributed by atoms with Crippen LogP contribution in [-0.4, -0.2) is 38.6 Å². The number of likely N-dealkylation sites (tertiary alicyclic amines) is 1. The molecule has 1 N–H and O–H groups in total. The zero-order valence-corrected chi connectivity index (χ0v) is 8.19. The third-order valence-electron chi connectivity index (χ3n) is 1.83. The van der Waals surface area contributed by atoms with E-state index in [-0.39, 0.29) is 0 Å². The minimum atomic E-state index is 1.14. The molecular formula is C9H22N2. The van der Waals surface area contributed by atoms with Crippen LogP contribution in [0.5, 0.6) is 0 Å². The van der Waals surface area contributed by atoms with Crippen LogP contribution in [0.25, 0.3) is 0 Å². The SMILES string of the molecule is CCCNC.CN1CCCC1. The lowest BCUT2D eigenvalue weighted by Gasteiger charge is -2.01. The van der Waals surface area contributed by atoms with E-state index in [9.17, 15) is 0 Å². The zero-order valence-electron chi connectivity index (χ0n) is 8.19. The summed E-state index contributed by atoms with van der Waals surface area (Å²) in [5, 5.41) is 3.02. The molecule has 0 aliphatic carbocycles. The largest absolute Gasteiger partial charge is 0.320 e. The first-order chi connectivity index (χ1) is 5.31. The molecule has 0 unspecified atom stereocenters. The van der Waals surface area contributed by atoms with E-state index in [1.807, 2.05) is 7.05 Å². The summed E-state index contributed by atoms with van der Waals surface area (Å²) in [5.41, 5.74) is 0. The summed E-state index contributed by atoms with van der Waals surface area (Å²) in [6.07, 6.45) is 4.06. The van der Waals surface area contributed by atoms with Crippen molar-refractivity contribution in [3.05, 3.63) is 0 Å². The lowest BCUT2D eigenvalue weighted by molar-refractivity contribution is 0.418. The van der Waals surface area contributed by atoms with Crippen molar-refractivity contribution >= 4 is 0 Å². The van der Waals surface area contributed by atoms with E-state index in [1.165, 1.54) is 32.4 Å². The number of hydrogen-bond donors (Lipinski definition) is 1. The van der Waals surface area contributed by atoms with Crippen LogP contribution in [0, 0.1) is 0 Å². The molecule has 1 fully saturated rings. The van der Waals surface area contributed by atoms with Crippen LogP contribution >= 0.6 is 0 Å². The van der Waals surface area contributed by atoms with Crippen LogP contribution < -0.4 is 5.32 Å². The first kappa shape index (κ1) is 10.9. The van der Waals surface area contributed by atoms with Crippen molar-refractivity contribution in [1.82, 2.24) is 10.2 Å². The molecule has 0 aromatic rings. The van der Waals surface area contributed by atoms with E-state index in [4.69, 9.17) is 0 Å². The predicted molar refractivity (Wildman–Crippen MR) is 50.9 cm³/mol. The van der Waals surface area contributed by atoms with Crippen molar-refractivity contribution < 1.29 is 0 Å². The number of nitrogens with zero attached hydrogens (tertiary/aromatic N) is 1. The summed E-state index contributed by atoms with van der Waals surface area (Å²) in [5.74, 6) is 0. The van der Waals surface area contributed by atoms with Crippen molar-refractivity contribution in [1.29, 1.82) is 0 Å². The smallest absolute Gasteiger partial charge is 0.00213 e. The normalized spacial score (nSPS) is 17.7. The molecule has 0 aromatic carbocycles. The molecule has 1 saturated heterocycles. The molecule has 0 aromatic heterocycles. The molecule has 0 amide bonds. The van der Waals surface area contributed by atoms with Crippen molar-refractivity contribution in [3.8, 4) is 0 Å². The van der Waals surface area contributed by atoms with Crippen LogP contribution in [0.1, 0.15) is 26.2 Å². The highest BCUT2D eigenvalue weighted by Gasteiger charge is 2.03. The Hall–Kier alpha value is -0.0800. The minimum Gasteiger partial charge on any atom is -0.320 e. The van der Waals surface area contributed by atoms with Gasteiger partial charge in [-0.3, -0.25) is 0 Å². The van der Waals surface area contributed by atoms with E-state index in [0.717, 1.165) is 6.54 Å². The monoisotopic (exact) mass is 158 g/mol. The Morgan fingerprint density at radius 3 is 1.91 bits per heavy atom. The lowest BCUT2D eigenvalue weighted by atomic mass is 10.4. The van der Waals surface area contributed by atoms with Gasteiger partial charge in [-0.2, -0.15) is 0 Å². The molecule has 2 nitrogen and oxygen atoms in total. The summed E-state index contributed by atoms with van der Waals surface area (Å²) in [6.45, 7) is 5.93. The van der Waals surface area contributed by atoms with Crippen molar-refractivity contribution in [2.75, 3.05) is 33.7 Å². The number of nitrogens with one attached hydrogen (secondary N) is 1. The van der Waals surface area contributed by atoms with E-state index >= 15 is 0 Å². The average Bonchev–Trinajstić information content (AvgIpc) is 2.43. The molecule has 1 aliphatic heterocycles. The predicted octanol–water partition coefficient (Wildman–Crippen LogP) is 1.33. The zero-order chi connectivity index (χ0) is 8.53. The summed E-state index contributed by atoms with van der Waals surface area (Å²) in [6, 6.07) is 0. The van der Waals surface area contributed by atoms with Crippen LogP contribution in [0.4, 0.5) is 0 Å². The Morgan fingerprint density at radius 2 is 1.82 bits per heavy atom. The van der Waals surface area contributed by atoms with E-state index in [0.29, 0.717) is 0 Å². The highest BCUT2D eigenvalue weighted by molar-refractivity contribution is 4.59. The molecule has 0 radical (unpaired) electrons. The number of rotatable bonds is 2. The molecule has 0 spiro atoms. The maximum Gasteiger partial charge on any atom is -0.00213 e. The summed E-state index contributed by atoms with van der Waals surface area (Å²) in [7, 11) is 4.14. The van der Waals surface area contributed by atoms with Gasteiger partial charge in [0, 0.05) is 0 Å². The second-order valence-electron chi connectivity index (χ2n) is 3.11. The van der Waals surface area contributed by atoms with Crippen LogP contribution in [0.15, 0.2) is 0 Å². The lowest BCUT2D eigenvalue weighted by Crippen LogP contribution is -2.10. The summed E-state index contributed by atoms with van der Waals surface area (Å²) < 4.78 is 0. The quantitative estimate of drug-likeness (QED) is 0.652. The maximum absolute atomic E-state index is 3.02. The maximum atomic E-state index is 3.02. The molecule has 11 heavy (non-hydrogen) atoms. The Bertz CT molecular complexity index is 66.0. The fourth-order valence-corrected chi connectivity index (χ4v) is 1.13. The molecule has 0 atom stereocenters. The fraction of sp³-hybridized carbons (Fsp3) is 1.00. The Morgan fingerprint density at radius 1 is 1.27 bits per heavy atom. The first-order valence-corrected chi connectivity index (χ1v) is 4.64. The molecule has 1 rings (SSSR count). The van der Waals surface area contributed by atoms with Gasteiger partial charge >= 0.3 is 0 Å². The van der Waals surface area contributed by atoms with Gasteiger partial charge in [0.1, 0.15) is 0 Å². The first-order valence-electron chi connectivity index (χ1n) is 4.64. The van der Waals surface area contributed by atoms with Crippen LogP contribution in [-0.2, 0) is 0 Å². The molecule has 0 saturated carbocycles. The van der Waals surface area contributed by atoms with Gasteiger partial charge in [-0.05, 0) is 53.0 Å². The van der Waals surface area contributed by atoms with Gasteiger partial charge in [-0.15, -0.1) is 0 Å². The van der Waals surface area contributed by atoms with Gasteiger partial charge < -0.3 is 10.2 Å². The molecule has 0 bridgehead atoms. The Labute approximate surface area is 71.0 Å². The Balaban J connectivity index is 0.000000187. The van der Waals surface area contributed by atoms with Gasteiger partial charge in [0.2, 0.25) is 0 Å². The number of hydrogen-bond acceptors (Lipinski definition) is 2. The highest BCUT2D eigenvalue weighted by atomic mass is 15.1. The van der Waals surface area contributed by atoms with E-state index in [2.05, 4.69) is 24.2 Å². The van der Waals surface area contributed by atoms with Crippen molar-refractivity contribution in [2.24, 2.45) is 0 Å².